The summed E-state index contributed by atoms with van der Waals surface area (Å²) in [5.41, 5.74) is 5.63. The summed E-state index contributed by atoms with van der Waals surface area (Å²) < 4.78 is 0. The van der Waals surface area contributed by atoms with Gasteiger partial charge in [-0.1, -0.05) is 6.92 Å². The van der Waals surface area contributed by atoms with Gasteiger partial charge in [0.25, 0.3) is 0 Å². The largest absolute Gasteiger partial charge is 0.481 e. The van der Waals surface area contributed by atoms with E-state index in [1.54, 1.807) is 6.92 Å². The van der Waals surface area contributed by atoms with Crippen molar-refractivity contribution in [3.05, 3.63) is 0 Å². The lowest BCUT2D eigenvalue weighted by atomic mass is 9.81. The minimum absolute atomic E-state index is 0.124. The van der Waals surface area contributed by atoms with Crippen LogP contribution in [0.25, 0.3) is 0 Å². The van der Waals surface area contributed by atoms with Gasteiger partial charge in [-0.15, -0.1) is 0 Å². The van der Waals surface area contributed by atoms with E-state index in [2.05, 4.69) is 5.32 Å². The highest BCUT2D eigenvalue weighted by molar-refractivity contribution is 5.78. The molecule has 110 valence electrons. The number of hydrogen-bond acceptors (Lipinski definition) is 3. The van der Waals surface area contributed by atoms with E-state index in [1.807, 2.05) is 0 Å². The van der Waals surface area contributed by atoms with Crippen molar-refractivity contribution in [2.24, 2.45) is 23.5 Å². The van der Waals surface area contributed by atoms with Crippen molar-refractivity contribution in [2.45, 2.75) is 45.4 Å². The predicted octanol–water partition coefficient (Wildman–Crippen LogP) is 1.37. The highest BCUT2D eigenvalue weighted by Gasteiger charge is 2.25. The topological polar surface area (TPSA) is 92.4 Å². The van der Waals surface area contributed by atoms with Gasteiger partial charge in [-0.25, -0.2) is 0 Å². The lowest BCUT2D eigenvalue weighted by molar-refractivity contribution is -0.141. The van der Waals surface area contributed by atoms with Gasteiger partial charge < -0.3 is 16.2 Å². The molecule has 0 aliphatic heterocycles. The number of aliphatic carboxylic acids is 1. The third-order valence-electron chi connectivity index (χ3n) is 4.09. The fourth-order valence-electron chi connectivity index (χ4n) is 2.55. The summed E-state index contributed by atoms with van der Waals surface area (Å²) in [4.78, 5) is 22.5. The van der Waals surface area contributed by atoms with Gasteiger partial charge in [0.05, 0.1) is 5.92 Å². The highest BCUT2D eigenvalue weighted by atomic mass is 16.4. The molecule has 0 saturated heterocycles. The van der Waals surface area contributed by atoms with Crippen LogP contribution in [-0.2, 0) is 9.59 Å². The van der Waals surface area contributed by atoms with E-state index in [0.29, 0.717) is 18.9 Å². The standard InChI is InChI=1S/C14H26N2O3/c1-10(14(18)19)3-2-8-16-13(17)12-6-4-11(9-15)5-7-12/h10-12H,2-9,15H2,1H3,(H,16,17)(H,18,19). The van der Waals surface area contributed by atoms with Gasteiger partial charge in [-0.2, -0.15) is 0 Å². The van der Waals surface area contributed by atoms with Crippen LogP contribution in [0.5, 0.6) is 0 Å². The van der Waals surface area contributed by atoms with Crippen LogP contribution in [0.2, 0.25) is 0 Å². The fourth-order valence-corrected chi connectivity index (χ4v) is 2.55. The number of nitrogens with one attached hydrogen (secondary N) is 1. The molecule has 0 bridgehead atoms. The van der Waals surface area contributed by atoms with E-state index in [-0.39, 0.29) is 17.7 Å². The molecule has 1 saturated carbocycles. The Labute approximate surface area is 114 Å². The van der Waals surface area contributed by atoms with Crippen molar-refractivity contribution in [3.63, 3.8) is 0 Å². The summed E-state index contributed by atoms with van der Waals surface area (Å²) in [6, 6.07) is 0. The number of carbonyl (C=O) groups is 2. The molecule has 0 radical (unpaired) electrons. The molecule has 5 nitrogen and oxygen atoms in total. The third kappa shape index (κ3) is 5.59. The van der Waals surface area contributed by atoms with Gasteiger partial charge in [0.1, 0.15) is 0 Å². The number of nitrogens with two attached hydrogens (primary N) is 1. The van der Waals surface area contributed by atoms with Crippen LogP contribution in [0.4, 0.5) is 0 Å². The summed E-state index contributed by atoms with van der Waals surface area (Å²) >= 11 is 0. The van der Waals surface area contributed by atoms with E-state index >= 15 is 0 Å². The van der Waals surface area contributed by atoms with E-state index < -0.39 is 5.97 Å². The van der Waals surface area contributed by atoms with Crippen LogP contribution in [0, 0.1) is 17.8 Å². The van der Waals surface area contributed by atoms with Gasteiger partial charge in [0.15, 0.2) is 0 Å². The van der Waals surface area contributed by atoms with E-state index in [4.69, 9.17) is 10.8 Å². The average molecular weight is 270 g/mol. The lowest BCUT2D eigenvalue weighted by Gasteiger charge is -2.26. The first-order chi connectivity index (χ1) is 9.04. The van der Waals surface area contributed by atoms with E-state index in [1.165, 1.54) is 0 Å². The van der Waals surface area contributed by atoms with Gasteiger partial charge in [0.2, 0.25) is 5.91 Å². The van der Waals surface area contributed by atoms with Crippen LogP contribution in [0.15, 0.2) is 0 Å². The zero-order chi connectivity index (χ0) is 14.3. The van der Waals surface area contributed by atoms with Gasteiger partial charge in [-0.3, -0.25) is 9.59 Å². The number of carboxylic acids is 1. The minimum Gasteiger partial charge on any atom is -0.481 e. The molecule has 19 heavy (non-hydrogen) atoms. The Balaban J connectivity index is 2.13. The molecule has 0 aromatic carbocycles. The third-order valence-corrected chi connectivity index (χ3v) is 4.09. The maximum absolute atomic E-state index is 11.9. The molecule has 1 unspecified atom stereocenters. The molecule has 0 spiro atoms. The van der Waals surface area contributed by atoms with Crippen LogP contribution >= 0.6 is 0 Å². The molecule has 0 heterocycles. The van der Waals surface area contributed by atoms with Gasteiger partial charge >= 0.3 is 5.97 Å². The Hall–Kier alpha value is -1.10. The second-order valence-electron chi connectivity index (χ2n) is 5.63. The van der Waals surface area contributed by atoms with Crippen LogP contribution in [0.3, 0.4) is 0 Å². The summed E-state index contributed by atoms with van der Waals surface area (Å²) in [5, 5.41) is 11.7. The maximum Gasteiger partial charge on any atom is 0.306 e. The lowest BCUT2D eigenvalue weighted by Crippen LogP contribution is -2.35. The van der Waals surface area contributed by atoms with Gasteiger partial charge in [0, 0.05) is 12.5 Å². The molecule has 1 amide bonds. The van der Waals surface area contributed by atoms with Crippen LogP contribution in [0.1, 0.15) is 45.4 Å². The van der Waals surface area contributed by atoms with Crippen molar-refractivity contribution < 1.29 is 14.7 Å². The first-order valence-corrected chi connectivity index (χ1v) is 7.25. The Morgan fingerprint density at radius 3 is 2.47 bits per heavy atom. The second kappa shape index (κ2) is 8.15. The van der Waals surface area contributed by atoms with Crippen molar-refractivity contribution in [1.82, 2.24) is 5.32 Å². The Bertz CT molecular complexity index is 299. The molecule has 0 aromatic heterocycles. The number of carbonyl (C=O) groups excluding carboxylic acids is 1. The summed E-state index contributed by atoms with van der Waals surface area (Å²) in [6.07, 6.45) is 5.28. The molecule has 1 aliphatic rings. The van der Waals surface area contributed by atoms with E-state index in [9.17, 15) is 9.59 Å². The molecule has 1 atom stereocenters. The normalized spacial score (nSPS) is 24.7. The second-order valence-corrected chi connectivity index (χ2v) is 5.63. The Morgan fingerprint density at radius 1 is 1.32 bits per heavy atom. The number of amides is 1. The smallest absolute Gasteiger partial charge is 0.306 e. The van der Waals surface area contributed by atoms with Crippen molar-refractivity contribution in [1.29, 1.82) is 0 Å². The maximum atomic E-state index is 11.9. The Morgan fingerprint density at radius 2 is 1.95 bits per heavy atom. The van der Waals surface area contributed by atoms with Crippen molar-refractivity contribution in [2.75, 3.05) is 13.1 Å². The van der Waals surface area contributed by atoms with Crippen LogP contribution < -0.4 is 11.1 Å². The van der Waals surface area contributed by atoms with Crippen molar-refractivity contribution >= 4 is 11.9 Å². The first kappa shape index (κ1) is 16.0. The number of rotatable bonds is 7. The molecule has 4 N–H and O–H groups in total. The monoisotopic (exact) mass is 270 g/mol. The molecular weight excluding hydrogens is 244 g/mol. The Kier molecular flexibility index (Phi) is 6.84. The molecule has 5 heteroatoms. The number of hydrogen-bond donors (Lipinski definition) is 3. The summed E-state index contributed by atoms with van der Waals surface area (Å²) in [7, 11) is 0. The molecule has 1 fully saturated rings. The average Bonchev–Trinajstić information content (AvgIpc) is 2.43. The summed E-state index contributed by atoms with van der Waals surface area (Å²) in [6.45, 7) is 2.99. The SMILES string of the molecule is CC(CCCNC(=O)C1CCC(CN)CC1)C(=O)O. The fraction of sp³-hybridized carbons (Fsp3) is 0.857. The highest BCUT2D eigenvalue weighted by Crippen LogP contribution is 2.28. The van der Waals surface area contributed by atoms with Gasteiger partial charge in [-0.05, 0) is 51.0 Å². The number of carboxylic acid groups (broad SMARTS) is 1. The van der Waals surface area contributed by atoms with Crippen LogP contribution in [-0.4, -0.2) is 30.1 Å². The molecule has 1 aliphatic carbocycles. The first-order valence-electron chi connectivity index (χ1n) is 7.25. The summed E-state index contributed by atoms with van der Waals surface area (Å²) in [5.74, 6) is -0.276. The molecule has 1 rings (SSSR count). The predicted molar refractivity (Wildman–Crippen MR) is 73.5 cm³/mol. The quantitative estimate of drug-likeness (QED) is 0.609. The zero-order valence-corrected chi connectivity index (χ0v) is 11.7. The molecule has 0 aromatic rings. The van der Waals surface area contributed by atoms with E-state index in [0.717, 1.165) is 38.6 Å². The zero-order valence-electron chi connectivity index (χ0n) is 11.7. The molecular formula is C14H26N2O3. The van der Waals surface area contributed by atoms with Crippen molar-refractivity contribution in [3.8, 4) is 0 Å². The minimum atomic E-state index is -0.772.